The van der Waals surface area contributed by atoms with E-state index >= 15 is 0 Å². The highest BCUT2D eigenvalue weighted by molar-refractivity contribution is 6.07. The molecule has 1 aliphatic heterocycles. The zero-order chi connectivity index (χ0) is 21.3. The number of amides is 1. The molecule has 8 heteroatoms. The fourth-order valence-corrected chi connectivity index (χ4v) is 3.61. The second kappa shape index (κ2) is 8.02. The summed E-state index contributed by atoms with van der Waals surface area (Å²) in [5.74, 6) is 0.732. The van der Waals surface area contributed by atoms with Crippen molar-refractivity contribution in [2.45, 2.75) is 32.2 Å². The Morgan fingerprint density at radius 1 is 1.27 bits per heavy atom. The molecule has 1 saturated heterocycles. The number of carbonyl (C=O) groups excluding carboxylic acids is 1. The summed E-state index contributed by atoms with van der Waals surface area (Å²) in [6, 6.07) is 10.1. The maximum absolute atomic E-state index is 12.9. The van der Waals surface area contributed by atoms with E-state index in [1.807, 2.05) is 0 Å². The minimum absolute atomic E-state index is 0.0263. The number of nitrogens with one attached hydrogen (secondary N) is 2. The summed E-state index contributed by atoms with van der Waals surface area (Å²) in [6.45, 7) is 3.29. The van der Waals surface area contributed by atoms with E-state index in [1.54, 1.807) is 31.2 Å². The topological polar surface area (TPSA) is 63.5 Å². The molecule has 1 atom stereocenters. The molecule has 1 fully saturated rings. The zero-order valence-corrected chi connectivity index (χ0v) is 16.3. The third kappa shape index (κ3) is 4.28. The van der Waals surface area contributed by atoms with Gasteiger partial charge in [-0.2, -0.15) is 13.2 Å². The van der Waals surface area contributed by atoms with Gasteiger partial charge < -0.3 is 19.8 Å². The maximum Gasteiger partial charge on any atom is 0.416 e. The normalized spacial score (nSPS) is 16.7. The highest BCUT2D eigenvalue weighted by Crippen LogP contribution is 2.31. The summed E-state index contributed by atoms with van der Waals surface area (Å²) in [5.41, 5.74) is 0.680. The van der Waals surface area contributed by atoms with Crippen molar-refractivity contribution in [3.63, 3.8) is 0 Å². The lowest BCUT2D eigenvalue weighted by atomic mass is 10.1. The SMILES string of the molecule is Cc1oc2ccc(OCc3cccc(C(F)(F)F)c3)cc2c1C(=O)N[C@H]1CCNC1. The summed E-state index contributed by atoms with van der Waals surface area (Å²) in [5, 5.41) is 6.81. The van der Waals surface area contributed by atoms with Gasteiger partial charge in [0.25, 0.3) is 5.91 Å². The molecular weight excluding hydrogens is 397 g/mol. The van der Waals surface area contributed by atoms with Gasteiger partial charge in [0.05, 0.1) is 11.1 Å². The maximum atomic E-state index is 12.9. The van der Waals surface area contributed by atoms with Crippen LogP contribution in [0.15, 0.2) is 46.9 Å². The van der Waals surface area contributed by atoms with Gasteiger partial charge in [0.1, 0.15) is 23.7 Å². The highest BCUT2D eigenvalue weighted by atomic mass is 19.4. The quantitative estimate of drug-likeness (QED) is 0.644. The number of fused-ring (bicyclic) bond motifs is 1. The van der Waals surface area contributed by atoms with Crippen LogP contribution in [-0.2, 0) is 12.8 Å². The Labute approximate surface area is 171 Å². The molecule has 0 radical (unpaired) electrons. The highest BCUT2D eigenvalue weighted by Gasteiger charge is 2.30. The van der Waals surface area contributed by atoms with Crippen molar-refractivity contribution in [2.75, 3.05) is 13.1 Å². The van der Waals surface area contributed by atoms with Crippen LogP contribution in [0.5, 0.6) is 5.75 Å². The molecule has 5 nitrogen and oxygen atoms in total. The molecule has 1 aliphatic rings. The van der Waals surface area contributed by atoms with Crippen LogP contribution in [0.3, 0.4) is 0 Å². The first-order chi connectivity index (χ1) is 14.3. The average molecular weight is 418 g/mol. The van der Waals surface area contributed by atoms with Crippen LogP contribution in [0, 0.1) is 6.92 Å². The molecule has 0 aliphatic carbocycles. The third-order valence-corrected chi connectivity index (χ3v) is 5.12. The summed E-state index contributed by atoms with van der Waals surface area (Å²) < 4.78 is 50.0. The van der Waals surface area contributed by atoms with Gasteiger partial charge in [0.2, 0.25) is 0 Å². The molecule has 1 amide bonds. The lowest BCUT2D eigenvalue weighted by Crippen LogP contribution is -2.36. The number of halogens is 3. The molecule has 158 valence electrons. The van der Waals surface area contributed by atoms with Gasteiger partial charge in [0, 0.05) is 18.0 Å². The van der Waals surface area contributed by atoms with Gasteiger partial charge >= 0.3 is 6.18 Å². The Kier molecular flexibility index (Phi) is 5.42. The van der Waals surface area contributed by atoms with Crippen molar-refractivity contribution < 1.29 is 27.1 Å². The summed E-state index contributed by atoms with van der Waals surface area (Å²) in [4.78, 5) is 12.8. The van der Waals surface area contributed by atoms with Crippen LogP contribution in [0.1, 0.15) is 33.7 Å². The molecular formula is C22H21F3N2O3. The van der Waals surface area contributed by atoms with E-state index in [9.17, 15) is 18.0 Å². The van der Waals surface area contributed by atoms with Crippen molar-refractivity contribution >= 4 is 16.9 Å². The Bertz CT molecular complexity index is 1070. The van der Waals surface area contributed by atoms with Crippen LogP contribution in [0.25, 0.3) is 11.0 Å². The summed E-state index contributed by atoms with van der Waals surface area (Å²) in [7, 11) is 0. The van der Waals surface area contributed by atoms with Gasteiger partial charge in [-0.1, -0.05) is 12.1 Å². The number of alkyl halides is 3. The largest absolute Gasteiger partial charge is 0.489 e. The molecule has 0 spiro atoms. The van der Waals surface area contributed by atoms with Crippen molar-refractivity contribution in [1.82, 2.24) is 10.6 Å². The molecule has 0 saturated carbocycles. The fourth-order valence-electron chi connectivity index (χ4n) is 3.61. The Morgan fingerprint density at radius 3 is 2.83 bits per heavy atom. The van der Waals surface area contributed by atoms with E-state index in [-0.39, 0.29) is 18.6 Å². The molecule has 4 rings (SSSR count). The van der Waals surface area contributed by atoms with Crippen LogP contribution in [0.4, 0.5) is 13.2 Å². The van der Waals surface area contributed by atoms with Crippen molar-refractivity contribution in [1.29, 1.82) is 0 Å². The summed E-state index contributed by atoms with van der Waals surface area (Å²) >= 11 is 0. The zero-order valence-electron chi connectivity index (χ0n) is 16.3. The molecule has 2 aromatic carbocycles. The van der Waals surface area contributed by atoms with Gasteiger partial charge in [-0.3, -0.25) is 4.79 Å². The monoisotopic (exact) mass is 418 g/mol. The number of rotatable bonds is 5. The van der Waals surface area contributed by atoms with Gasteiger partial charge in [-0.05, 0) is 55.8 Å². The second-order valence-corrected chi connectivity index (χ2v) is 7.34. The lowest BCUT2D eigenvalue weighted by Gasteiger charge is -2.11. The molecule has 3 aromatic rings. The number of hydrogen-bond donors (Lipinski definition) is 2. The second-order valence-electron chi connectivity index (χ2n) is 7.34. The van der Waals surface area contributed by atoms with Gasteiger partial charge in [-0.15, -0.1) is 0 Å². The van der Waals surface area contributed by atoms with Gasteiger partial charge in [0.15, 0.2) is 0 Å². The van der Waals surface area contributed by atoms with Crippen LogP contribution in [-0.4, -0.2) is 25.0 Å². The molecule has 1 aromatic heterocycles. The molecule has 2 N–H and O–H groups in total. The van der Waals surface area contributed by atoms with E-state index in [0.29, 0.717) is 33.6 Å². The van der Waals surface area contributed by atoms with Gasteiger partial charge in [-0.25, -0.2) is 0 Å². The predicted octanol–water partition coefficient (Wildman–Crippen LogP) is 4.43. The number of benzene rings is 2. The molecule has 0 unspecified atom stereocenters. The van der Waals surface area contributed by atoms with E-state index in [0.717, 1.165) is 31.6 Å². The number of ether oxygens (including phenoxy) is 1. The number of carbonyl (C=O) groups is 1. The first kappa shape index (κ1) is 20.3. The van der Waals surface area contributed by atoms with E-state index in [1.165, 1.54) is 6.07 Å². The number of hydrogen-bond acceptors (Lipinski definition) is 4. The first-order valence-corrected chi connectivity index (χ1v) is 9.65. The minimum atomic E-state index is -4.40. The molecule has 30 heavy (non-hydrogen) atoms. The summed E-state index contributed by atoms with van der Waals surface area (Å²) in [6.07, 6.45) is -3.54. The lowest BCUT2D eigenvalue weighted by molar-refractivity contribution is -0.137. The Hall–Kier alpha value is -3.00. The van der Waals surface area contributed by atoms with Crippen molar-refractivity contribution in [2.24, 2.45) is 0 Å². The smallest absolute Gasteiger partial charge is 0.416 e. The van der Waals surface area contributed by atoms with Crippen LogP contribution < -0.4 is 15.4 Å². The van der Waals surface area contributed by atoms with Crippen LogP contribution in [0.2, 0.25) is 0 Å². The average Bonchev–Trinajstić information content (AvgIpc) is 3.32. The molecule has 2 heterocycles. The van der Waals surface area contributed by atoms with E-state index in [2.05, 4.69) is 10.6 Å². The Morgan fingerprint density at radius 2 is 2.10 bits per heavy atom. The van der Waals surface area contributed by atoms with E-state index < -0.39 is 11.7 Å². The van der Waals surface area contributed by atoms with Crippen molar-refractivity contribution in [3.8, 4) is 5.75 Å². The predicted molar refractivity (Wildman–Crippen MR) is 105 cm³/mol. The Balaban J connectivity index is 1.53. The van der Waals surface area contributed by atoms with Crippen LogP contribution >= 0.6 is 0 Å². The minimum Gasteiger partial charge on any atom is -0.489 e. The number of furan rings is 1. The molecule has 0 bridgehead atoms. The third-order valence-electron chi connectivity index (χ3n) is 5.12. The first-order valence-electron chi connectivity index (χ1n) is 9.65. The van der Waals surface area contributed by atoms with E-state index in [4.69, 9.17) is 9.15 Å². The standard InChI is InChI=1S/C22H21F3N2O3/c1-13-20(21(28)27-16-7-8-26-11-16)18-10-17(5-6-19(18)30-13)29-12-14-3-2-4-15(9-14)22(23,24)25/h2-6,9-10,16,26H,7-8,11-12H2,1H3,(H,27,28)/t16-/m0/s1. The van der Waals surface area contributed by atoms with Crippen molar-refractivity contribution in [3.05, 3.63) is 64.9 Å². The fraction of sp³-hybridized carbons (Fsp3) is 0.318. The number of aryl methyl sites for hydroxylation is 1.